The highest BCUT2D eigenvalue weighted by Gasteiger charge is 2.06. The van der Waals surface area contributed by atoms with Gasteiger partial charge in [-0.3, -0.25) is 10.3 Å². The number of hydrogen-bond acceptors (Lipinski definition) is 3. The molecule has 0 fully saturated rings. The number of benzene rings is 1. The van der Waals surface area contributed by atoms with Crippen molar-refractivity contribution in [2.45, 2.75) is 6.92 Å². The molecule has 0 saturated carbocycles. The van der Waals surface area contributed by atoms with Crippen LogP contribution in [0.3, 0.4) is 0 Å². The Morgan fingerprint density at radius 1 is 1.28 bits per heavy atom. The quantitative estimate of drug-likeness (QED) is 0.895. The van der Waals surface area contributed by atoms with Crippen LogP contribution in [0.2, 0.25) is 0 Å². The van der Waals surface area contributed by atoms with E-state index in [-0.39, 0.29) is 6.03 Å². The second kappa shape index (κ2) is 5.59. The zero-order chi connectivity index (χ0) is 13.0. The molecule has 2 rings (SSSR count). The summed E-state index contributed by atoms with van der Waals surface area (Å²) in [6.07, 6.45) is 4.53. The second-order valence-corrected chi connectivity index (χ2v) is 4.51. The van der Waals surface area contributed by atoms with Gasteiger partial charge in [-0.25, -0.2) is 9.78 Å². The van der Waals surface area contributed by atoms with Crippen molar-refractivity contribution in [3.8, 4) is 0 Å². The summed E-state index contributed by atoms with van der Waals surface area (Å²) in [4.78, 5) is 19.5. The summed E-state index contributed by atoms with van der Waals surface area (Å²) in [7, 11) is 0. The zero-order valence-electron chi connectivity index (χ0n) is 9.64. The van der Waals surface area contributed by atoms with Crippen LogP contribution in [0.1, 0.15) is 5.56 Å². The maximum atomic E-state index is 11.7. The van der Waals surface area contributed by atoms with E-state index < -0.39 is 0 Å². The van der Waals surface area contributed by atoms with E-state index in [4.69, 9.17) is 0 Å². The number of nitrogens with zero attached hydrogens (tertiary/aromatic N) is 2. The van der Waals surface area contributed by atoms with Gasteiger partial charge >= 0.3 is 6.03 Å². The maximum Gasteiger partial charge on any atom is 0.324 e. The highest BCUT2D eigenvalue weighted by Crippen LogP contribution is 2.23. The van der Waals surface area contributed by atoms with Crippen LogP contribution in [0.5, 0.6) is 0 Å². The Kier molecular flexibility index (Phi) is 3.88. The van der Waals surface area contributed by atoms with E-state index in [0.29, 0.717) is 11.5 Å². The third-order valence-electron chi connectivity index (χ3n) is 2.18. The Bertz CT molecular complexity index is 559. The van der Waals surface area contributed by atoms with Crippen LogP contribution in [0.15, 0.2) is 41.3 Å². The number of hydrogen-bond donors (Lipinski definition) is 2. The summed E-state index contributed by atoms with van der Waals surface area (Å²) in [6.45, 7) is 1.98. The molecule has 0 aliphatic carbocycles. The van der Waals surface area contributed by atoms with Crippen molar-refractivity contribution in [3.05, 3.63) is 46.8 Å². The largest absolute Gasteiger partial charge is 0.324 e. The molecule has 6 heteroatoms. The van der Waals surface area contributed by atoms with Crippen LogP contribution in [0.4, 0.5) is 16.3 Å². The fourth-order valence-corrected chi connectivity index (χ4v) is 1.95. The molecule has 0 saturated heterocycles. The lowest BCUT2D eigenvalue weighted by Crippen LogP contribution is -2.20. The number of aromatic nitrogens is 2. The SMILES string of the molecule is Cc1ccc(NC(=O)Nc2cnccn2)c(Br)c1. The van der Waals surface area contributed by atoms with Gasteiger partial charge < -0.3 is 5.32 Å². The molecule has 2 aromatic rings. The Balaban J connectivity index is 2.03. The number of aryl methyl sites for hydroxylation is 1. The smallest absolute Gasteiger partial charge is 0.307 e. The van der Waals surface area contributed by atoms with Gasteiger partial charge in [-0.05, 0) is 40.5 Å². The van der Waals surface area contributed by atoms with Crippen molar-refractivity contribution in [1.82, 2.24) is 9.97 Å². The lowest BCUT2D eigenvalue weighted by atomic mass is 10.2. The lowest BCUT2D eigenvalue weighted by Gasteiger charge is -2.08. The molecule has 1 heterocycles. The van der Waals surface area contributed by atoms with Crippen LogP contribution in [-0.4, -0.2) is 16.0 Å². The molecular weight excluding hydrogens is 296 g/mol. The topological polar surface area (TPSA) is 66.9 Å². The minimum Gasteiger partial charge on any atom is -0.307 e. The average Bonchev–Trinajstić information content (AvgIpc) is 2.34. The molecule has 0 bridgehead atoms. The normalized spacial score (nSPS) is 9.89. The molecule has 1 aromatic carbocycles. The number of carbonyl (C=O) groups is 1. The summed E-state index contributed by atoms with van der Waals surface area (Å²) in [6, 6.07) is 5.32. The van der Waals surface area contributed by atoms with E-state index in [9.17, 15) is 4.79 Å². The van der Waals surface area contributed by atoms with Crippen molar-refractivity contribution in [2.75, 3.05) is 10.6 Å². The minimum atomic E-state index is -0.361. The monoisotopic (exact) mass is 306 g/mol. The van der Waals surface area contributed by atoms with E-state index in [1.807, 2.05) is 25.1 Å². The summed E-state index contributed by atoms with van der Waals surface area (Å²) >= 11 is 3.39. The number of urea groups is 1. The molecule has 0 atom stereocenters. The van der Waals surface area contributed by atoms with Gasteiger partial charge in [0.2, 0.25) is 0 Å². The Hall–Kier alpha value is -1.95. The molecule has 0 aliphatic rings. The molecule has 0 radical (unpaired) electrons. The van der Waals surface area contributed by atoms with Crippen LogP contribution >= 0.6 is 15.9 Å². The fraction of sp³-hybridized carbons (Fsp3) is 0.0833. The van der Waals surface area contributed by atoms with Gasteiger partial charge in [0.15, 0.2) is 5.82 Å². The van der Waals surface area contributed by atoms with Gasteiger partial charge in [0.05, 0.1) is 11.9 Å². The van der Waals surface area contributed by atoms with E-state index >= 15 is 0 Å². The van der Waals surface area contributed by atoms with Crippen molar-refractivity contribution in [1.29, 1.82) is 0 Å². The van der Waals surface area contributed by atoms with E-state index in [2.05, 4.69) is 36.5 Å². The second-order valence-electron chi connectivity index (χ2n) is 3.65. The van der Waals surface area contributed by atoms with Gasteiger partial charge in [-0.15, -0.1) is 0 Å². The summed E-state index contributed by atoms with van der Waals surface area (Å²) in [5.74, 6) is 0.401. The Morgan fingerprint density at radius 2 is 2.11 bits per heavy atom. The number of halogens is 1. The number of amides is 2. The number of anilines is 2. The first kappa shape index (κ1) is 12.5. The molecule has 2 amide bonds. The molecule has 92 valence electrons. The maximum absolute atomic E-state index is 11.7. The molecule has 0 spiro atoms. The Morgan fingerprint density at radius 3 is 2.78 bits per heavy atom. The number of carbonyl (C=O) groups excluding carboxylic acids is 1. The van der Waals surface area contributed by atoms with E-state index in [1.165, 1.54) is 12.4 Å². The zero-order valence-corrected chi connectivity index (χ0v) is 11.2. The first-order valence-corrected chi connectivity index (χ1v) is 6.04. The van der Waals surface area contributed by atoms with Crippen LogP contribution in [-0.2, 0) is 0 Å². The third kappa shape index (κ3) is 3.27. The van der Waals surface area contributed by atoms with Gasteiger partial charge in [0.1, 0.15) is 0 Å². The fourth-order valence-electron chi connectivity index (χ4n) is 1.36. The highest BCUT2D eigenvalue weighted by atomic mass is 79.9. The summed E-state index contributed by atoms with van der Waals surface area (Å²) in [5.41, 5.74) is 1.81. The van der Waals surface area contributed by atoms with E-state index in [0.717, 1.165) is 10.0 Å². The first-order valence-electron chi connectivity index (χ1n) is 5.25. The van der Waals surface area contributed by atoms with Gasteiger partial charge in [-0.2, -0.15) is 0 Å². The van der Waals surface area contributed by atoms with Crippen LogP contribution in [0.25, 0.3) is 0 Å². The molecule has 5 nitrogen and oxygen atoms in total. The highest BCUT2D eigenvalue weighted by molar-refractivity contribution is 9.10. The molecule has 0 aliphatic heterocycles. The molecule has 18 heavy (non-hydrogen) atoms. The van der Waals surface area contributed by atoms with Crippen LogP contribution in [0, 0.1) is 6.92 Å². The molecule has 2 N–H and O–H groups in total. The van der Waals surface area contributed by atoms with Crippen molar-refractivity contribution < 1.29 is 4.79 Å². The standard InChI is InChI=1S/C12H11BrN4O/c1-8-2-3-10(9(13)6-8)16-12(18)17-11-7-14-4-5-15-11/h2-7H,1H3,(H2,15,16,17,18). The Labute approximate surface area is 113 Å². The molecule has 0 unspecified atom stereocenters. The predicted octanol–water partition coefficient (Wildman–Crippen LogP) is 3.19. The van der Waals surface area contributed by atoms with Crippen molar-refractivity contribution in [2.24, 2.45) is 0 Å². The molecule has 1 aromatic heterocycles. The summed E-state index contributed by atoms with van der Waals surface area (Å²) < 4.78 is 0.830. The van der Waals surface area contributed by atoms with Crippen molar-refractivity contribution in [3.63, 3.8) is 0 Å². The van der Waals surface area contributed by atoms with Gasteiger partial charge in [-0.1, -0.05) is 6.07 Å². The first-order chi connectivity index (χ1) is 8.65. The number of nitrogens with one attached hydrogen (secondary N) is 2. The average molecular weight is 307 g/mol. The third-order valence-corrected chi connectivity index (χ3v) is 2.83. The number of rotatable bonds is 2. The van der Waals surface area contributed by atoms with Crippen molar-refractivity contribution >= 4 is 33.5 Å². The molecular formula is C12H11BrN4O. The summed E-state index contributed by atoms with van der Waals surface area (Å²) in [5, 5.41) is 5.31. The lowest BCUT2D eigenvalue weighted by molar-refractivity contribution is 0.262. The van der Waals surface area contributed by atoms with E-state index in [1.54, 1.807) is 6.20 Å². The van der Waals surface area contributed by atoms with Gasteiger partial charge in [0, 0.05) is 16.9 Å². The minimum absolute atomic E-state index is 0.361. The van der Waals surface area contributed by atoms with Crippen LogP contribution < -0.4 is 10.6 Å². The predicted molar refractivity (Wildman–Crippen MR) is 73.6 cm³/mol. The van der Waals surface area contributed by atoms with Gasteiger partial charge in [0.25, 0.3) is 0 Å².